The molecule has 2 heterocycles. The van der Waals surface area contributed by atoms with Crippen LogP contribution in [0.1, 0.15) is 21.6 Å². The number of alkyl halides is 3. The minimum atomic E-state index is -4.68. The van der Waals surface area contributed by atoms with Gasteiger partial charge in [0.1, 0.15) is 0 Å². The van der Waals surface area contributed by atoms with Gasteiger partial charge in [-0.1, -0.05) is 6.07 Å². The van der Waals surface area contributed by atoms with Crippen molar-refractivity contribution in [2.45, 2.75) is 12.7 Å². The van der Waals surface area contributed by atoms with E-state index in [4.69, 9.17) is 4.74 Å². The highest BCUT2D eigenvalue weighted by Crippen LogP contribution is 2.30. The smallest absolute Gasteiger partial charge is 0.435 e. The third-order valence-corrected chi connectivity index (χ3v) is 2.80. The molecule has 0 aromatic carbocycles. The van der Waals surface area contributed by atoms with E-state index in [1.807, 2.05) is 0 Å². The minimum Gasteiger partial charge on any atom is -0.481 e. The van der Waals surface area contributed by atoms with Crippen LogP contribution in [0.25, 0.3) is 0 Å². The average Bonchev–Trinajstić information content (AvgIpc) is 2.87. The van der Waals surface area contributed by atoms with Crippen molar-refractivity contribution in [2.75, 3.05) is 7.11 Å². The Morgan fingerprint density at radius 2 is 2.14 bits per heavy atom. The summed E-state index contributed by atoms with van der Waals surface area (Å²) in [5.41, 5.74) is -1.09. The van der Waals surface area contributed by atoms with Crippen LogP contribution in [0.3, 0.4) is 0 Å². The Labute approximate surface area is 123 Å². The lowest BCUT2D eigenvalue weighted by molar-refractivity contribution is -0.141. The van der Waals surface area contributed by atoms with Gasteiger partial charge in [-0.15, -0.1) is 0 Å². The number of hydrogen-bond donors (Lipinski definition) is 1. The molecule has 1 N–H and O–H groups in total. The molecule has 0 saturated carbocycles. The normalized spacial score (nSPS) is 11.3. The van der Waals surface area contributed by atoms with Crippen molar-refractivity contribution in [3.63, 3.8) is 0 Å². The van der Waals surface area contributed by atoms with E-state index in [-0.39, 0.29) is 6.54 Å². The first-order chi connectivity index (χ1) is 10.3. The van der Waals surface area contributed by atoms with Crippen LogP contribution in [0.4, 0.5) is 13.2 Å². The standard InChI is InChI=1S/C13H13F3N4O2/c1-20-7-9(11(19-20)13(14,15)16)12(21)18-6-8-3-4-10(22-2)17-5-8/h3-5,7H,6H2,1-2H3,(H,18,21). The number of methoxy groups -OCH3 is 1. The second kappa shape index (κ2) is 6.04. The van der Waals surface area contributed by atoms with Crippen LogP contribution in [-0.2, 0) is 19.8 Å². The number of nitrogens with one attached hydrogen (secondary N) is 1. The summed E-state index contributed by atoms with van der Waals surface area (Å²) in [6, 6.07) is 3.24. The van der Waals surface area contributed by atoms with Crippen molar-refractivity contribution in [1.29, 1.82) is 0 Å². The van der Waals surface area contributed by atoms with E-state index in [1.54, 1.807) is 12.1 Å². The molecule has 0 fully saturated rings. The largest absolute Gasteiger partial charge is 0.481 e. The number of aryl methyl sites for hydroxylation is 1. The Hall–Kier alpha value is -2.58. The monoisotopic (exact) mass is 314 g/mol. The molecule has 2 rings (SSSR count). The van der Waals surface area contributed by atoms with Crippen LogP contribution in [-0.4, -0.2) is 27.8 Å². The predicted molar refractivity (Wildman–Crippen MR) is 70.2 cm³/mol. The van der Waals surface area contributed by atoms with Gasteiger partial charge in [0.25, 0.3) is 5.91 Å². The number of carbonyl (C=O) groups is 1. The van der Waals surface area contributed by atoms with Crippen molar-refractivity contribution in [1.82, 2.24) is 20.1 Å². The molecule has 118 valence electrons. The summed E-state index contributed by atoms with van der Waals surface area (Å²) < 4.78 is 44.2. The zero-order chi connectivity index (χ0) is 16.3. The van der Waals surface area contributed by atoms with Crippen molar-refractivity contribution in [2.24, 2.45) is 7.05 Å². The minimum absolute atomic E-state index is 0.0437. The molecule has 22 heavy (non-hydrogen) atoms. The van der Waals surface area contributed by atoms with Gasteiger partial charge in [-0.25, -0.2) is 4.98 Å². The van der Waals surface area contributed by atoms with Gasteiger partial charge in [-0.2, -0.15) is 18.3 Å². The number of carbonyl (C=O) groups excluding carboxylic acids is 1. The summed E-state index contributed by atoms with van der Waals surface area (Å²) in [6.07, 6.45) is -2.19. The van der Waals surface area contributed by atoms with Crippen molar-refractivity contribution in [3.8, 4) is 5.88 Å². The van der Waals surface area contributed by atoms with Crippen molar-refractivity contribution < 1.29 is 22.7 Å². The molecule has 0 aliphatic heterocycles. The van der Waals surface area contributed by atoms with E-state index in [2.05, 4.69) is 15.4 Å². The van der Waals surface area contributed by atoms with Gasteiger partial charge in [0.2, 0.25) is 5.88 Å². The van der Waals surface area contributed by atoms with Gasteiger partial charge in [-0.05, 0) is 5.56 Å². The zero-order valence-corrected chi connectivity index (χ0v) is 11.8. The van der Waals surface area contributed by atoms with E-state index in [9.17, 15) is 18.0 Å². The Morgan fingerprint density at radius 3 is 2.68 bits per heavy atom. The molecule has 0 bridgehead atoms. The Bertz CT molecular complexity index is 665. The summed E-state index contributed by atoms with van der Waals surface area (Å²) in [5.74, 6) is -0.446. The number of rotatable bonds is 4. The van der Waals surface area contributed by atoms with Gasteiger partial charge in [0, 0.05) is 32.1 Å². The first-order valence-electron chi connectivity index (χ1n) is 6.19. The molecular formula is C13H13F3N4O2. The van der Waals surface area contributed by atoms with E-state index in [1.165, 1.54) is 20.4 Å². The van der Waals surface area contributed by atoms with Crippen LogP contribution in [0, 0.1) is 0 Å². The lowest BCUT2D eigenvalue weighted by atomic mass is 10.2. The van der Waals surface area contributed by atoms with Crippen molar-refractivity contribution >= 4 is 5.91 Å². The SMILES string of the molecule is COc1ccc(CNC(=O)c2cn(C)nc2C(F)(F)F)cn1. The first-order valence-corrected chi connectivity index (χ1v) is 6.19. The molecular weight excluding hydrogens is 301 g/mol. The summed E-state index contributed by atoms with van der Waals surface area (Å²) in [5, 5.41) is 5.69. The quantitative estimate of drug-likeness (QED) is 0.934. The Kier molecular flexibility index (Phi) is 4.34. The topological polar surface area (TPSA) is 69.0 Å². The van der Waals surface area contributed by atoms with Gasteiger partial charge >= 0.3 is 6.18 Å². The number of halogens is 3. The summed E-state index contributed by atoms with van der Waals surface area (Å²) >= 11 is 0. The fraction of sp³-hybridized carbons (Fsp3) is 0.308. The Balaban J connectivity index is 2.09. The number of amides is 1. The maximum absolute atomic E-state index is 12.8. The maximum atomic E-state index is 12.8. The second-order valence-corrected chi connectivity index (χ2v) is 4.45. The molecule has 0 saturated heterocycles. The maximum Gasteiger partial charge on any atom is 0.435 e. The molecule has 9 heteroatoms. The van der Waals surface area contributed by atoms with Crippen LogP contribution in [0.5, 0.6) is 5.88 Å². The van der Waals surface area contributed by atoms with E-state index < -0.39 is 23.3 Å². The molecule has 0 aliphatic rings. The molecule has 0 radical (unpaired) electrons. The molecule has 0 spiro atoms. The van der Waals surface area contributed by atoms with Crippen LogP contribution < -0.4 is 10.1 Å². The summed E-state index contributed by atoms with van der Waals surface area (Å²) in [7, 11) is 2.78. The van der Waals surface area contributed by atoms with Gasteiger partial charge in [0.15, 0.2) is 5.69 Å². The third-order valence-electron chi connectivity index (χ3n) is 2.80. The van der Waals surface area contributed by atoms with Gasteiger partial charge in [0.05, 0.1) is 12.7 Å². The van der Waals surface area contributed by atoms with Crippen molar-refractivity contribution in [3.05, 3.63) is 41.3 Å². The molecule has 0 aliphatic carbocycles. The van der Waals surface area contributed by atoms with E-state index in [0.29, 0.717) is 11.4 Å². The van der Waals surface area contributed by atoms with Gasteiger partial charge in [-0.3, -0.25) is 9.48 Å². The Morgan fingerprint density at radius 1 is 1.41 bits per heavy atom. The van der Waals surface area contributed by atoms with E-state index >= 15 is 0 Å². The molecule has 0 unspecified atom stereocenters. The number of aromatic nitrogens is 3. The summed E-state index contributed by atoms with van der Waals surface area (Å²) in [4.78, 5) is 15.9. The summed E-state index contributed by atoms with van der Waals surface area (Å²) in [6.45, 7) is 0.0437. The number of nitrogens with zero attached hydrogens (tertiary/aromatic N) is 3. The highest BCUT2D eigenvalue weighted by molar-refractivity contribution is 5.95. The zero-order valence-electron chi connectivity index (χ0n) is 11.8. The first kappa shape index (κ1) is 15.8. The molecule has 0 atom stereocenters. The van der Waals surface area contributed by atoms with E-state index in [0.717, 1.165) is 10.9 Å². The number of pyridine rings is 1. The number of hydrogen-bond acceptors (Lipinski definition) is 4. The second-order valence-electron chi connectivity index (χ2n) is 4.45. The fourth-order valence-electron chi connectivity index (χ4n) is 1.78. The third kappa shape index (κ3) is 3.54. The molecule has 6 nitrogen and oxygen atoms in total. The predicted octanol–water partition coefficient (Wildman–Crippen LogP) is 1.77. The molecule has 2 aromatic rings. The van der Waals surface area contributed by atoms with Gasteiger partial charge < -0.3 is 10.1 Å². The molecule has 2 aromatic heterocycles. The van der Waals surface area contributed by atoms with Crippen LogP contribution in [0.15, 0.2) is 24.5 Å². The lowest BCUT2D eigenvalue weighted by Crippen LogP contribution is -2.25. The molecule has 1 amide bonds. The lowest BCUT2D eigenvalue weighted by Gasteiger charge is -2.07. The fourth-order valence-corrected chi connectivity index (χ4v) is 1.78. The van der Waals surface area contributed by atoms with Crippen LogP contribution in [0.2, 0.25) is 0 Å². The average molecular weight is 314 g/mol. The van der Waals surface area contributed by atoms with Crippen LogP contribution >= 0.6 is 0 Å². The highest BCUT2D eigenvalue weighted by atomic mass is 19.4. The number of ether oxygens (including phenoxy) is 1. The highest BCUT2D eigenvalue weighted by Gasteiger charge is 2.38.